The van der Waals surface area contributed by atoms with E-state index in [1.165, 1.54) is 12.4 Å². The highest BCUT2D eigenvalue weighted by Crippen LogP contribution is 2.24. The number of hydrogen-bond acceptors (Lipinski definition) is 3. The van der Waals surface area contributed by atoms with Gasteiger partial charge in [-0.3, -0.25) is 9.89 Å². The van der Waals surface area contributed by atoms with Crippen molar-refractivity contribution in [3.05, 3.63) is 59.9 Å². The number of rotatable bonds is 3. The predicted molar refractivity (Wildman–Crippen MR) is 77.4 cm³/mol. The molecule has 0 spiro atoms. The van der Waals surface area contributed by atoms with Crippen molar-refractivity contribution in [1.82, 2.24) is 10.2 Å². The van der Waals surface area contributed by atoms with Crippen LogP contribution in [0.5, 0.6) is 0 Å². The molecule has 6 nitrogen and oxygen atoms in total. The van der Waals surface area contributed by atoms with Crippen LogP contribution < -0.4 is 5.32 Å². The van der Waals surface area contributed by atoms with Gasteiger partial charge in [-0.25, -0.2) is 4.79 Å². The highest BCUT2D eigenvalue weighted by molar-refractivity contribution is 6.09. The van der Waals surface area contributed by atoms with E-state index in [1.807, 2.05) is 24.3 Å². The lowest BCUT2D eigenvalue weighted by molar-refractivity contribution is 0.0698. The average Bonchev–Trinajstić information content (AvgIpc) is 3.00. The molecular formula is C15H11N3O3. The number of hydrogen-bond donors (Lipinski definition) is 3. The second kappa shape index (κ2) is 5.09. The summed E-state index contributed by atoms with van der Waals surface area (Å²) in [7, 11) is 0. The zero-order valence-electron chi connectivity index (χ0n) is 10.8. The maximum atomic E-state index is 12.0. The first kappa shape index (κ1) is 12.9. The largest absolute Gasteiger partial charge is 0.478 e. The van der Waals surface area contributed by atoms with E-state index in [1.54, 1.807) is 12.1 Å². The first-order valence-electron chi connectivity index (χ1n) is 6.21. The number of carbonyl (C=O) groups excluding carboxylic acids is 1. The van der Waals surface area contributed by atoms with Gasteiger partial charge >= 0.3 is 5.97 Å². The number of carboxylic acid groups (broad SMARTS) is 1. The van der Waals surface area contributed by atoms with Gasteiger partial charge in [0.25, 0.3) is 5.91 Å². The van der Waals surface area contributed by atoms with Gasteiger partial charge in [0.15, 0.2) is 0 Å². The van der Waals surface area contributed by atoms with Crippen LogP contribution in [0.1, 0.15) is 20.7 Å². The minimum atomic E-state index is -1.09. The zero-order chi connectivity index (χ0) is 14.8. The Morgan fingerprint density at radius 3 is 2.48 bits per heavy atom. The van der Waals surface area contributed by atoms with Crippen molar-refractivity contribution in [2.45, 2.75) is 0 Å². The Morgan fingerprint density at radius 1 is 1.14 bits per heavy atom. The average molecular weight is 281 g/mol. The quantitative estimate of drug-likeness (QED) is 0.687. The third-order valence-corrected chi connectivity index (χ3v) is 3.12. The van der Waals surface area contributed by atoms with E-state index < -0.39 is 11.9 Å². The molecule has 0 fully saturated rings. The summed E-state index contributed by atoms with van der Waals surface area (Å²) >= 11 is 0. The van der Waals surface area contributed by atoms with E-state index in [0.717, 1.165) is 10.8 Å². The van der Waals surface area contributed by atoms with Crippen LogP contribution in [0.25, 0.3) is 10.8 Å². The van der Waals surface area contributed by atoms with Gasteiger partial charge in [0, 0.05) is 6.20 Å². The van der Waals surface area contributed by atoms with Crippen LogP contribution in [0.3, 0.4) is 0 Å². The van der Waals surface area contributed by atoms with E-state index in [9.17, 15) is 14.7 Å². The van der Waals surface area contributed by atoms with Gasteiger partial charge in [-0.1, -0.05) is 24.3 Å². The summed E-state index contributed by atoms with van der Waals surface area (Å²) in [6, 6.07) is 10.6. The number of anilines is 1. The van der Waals surface area contributed by atoms with Crippen LogP contribution in [-0.4, -0.2) is 27.2 Å². The molecule has 0 aliphatic rings. The third kappa shape index (κ3) is 2.46. The fourth-order valence-corrected chi connectivity index (χ4v) is 2.09. The van der Waals surface area contributed by atoms with E-state index in [4.69, 9.17) is 0 Å². The first-order chi connectivity index (χ1) is 10.1. The molecule has 0 aliphatic heterocycles. The molecule has 0 saturated carbocycles. The molecule has 1 aromatic heterocycles. The van der Waals surface area contributed by atoms with Crippen molar-refractivity contribution in [2.24, 2.45) is 0 Å². The standard InChI is InChI=1S/C15H11N3O3/c19-14(11-7-16-17-8-11)18-13-6-10-4-2-1-3-9(10)5-12(13)15(20)21/h1-8H,(H,16,17)(H,18,19)(H,20,21). The van der Waals surface area contributed by atoms with E-state index in [2.05, 4.69) is 15.5 Å². The molecule has 0 atom stereocenters. The Kier molecular flexibility index (Phi) is 3.12. The Bertz CT molecular complexity index is 825. The van der Waals surface area contributed by atoms with Crippen molar-refractivity contribution in [2.75, 3.05) is 5.32 Å². The number of nitrogens with one attached hydrogen (secondary N) is 2. The second-order valence-corrected chi connectivity index (χ2v) is 4.49. The van der Waals surface area contributed by atoms with Crippen LogP contribution >= 0.6 is 0 Å². The monoisotopic (exact) mass is 281 g/mol. The minimum Gasteiger partial charge on any atom is -0.478 e. The van der Waals surface area contributed by atoms with E-state index in [-0.39, 0.29) is 11.3 Å². The van der Waals surface area contributed by atoms with Crippen molar-refractivity contribution in [1.29, 1.82) is 0 Å². The summed E-state index contributed by atoms with van der Waals surface area (Å²) in [5.74, 6) is -1.51. The van der Waals surface area contributed by atoms with Gasteiger partial charge < -0.3 is 10.4 Å². The summed E-state index contributed by atoms with van der Waals surface area (Å²) in [4.78, 5) is 23.4. The Labute approximate surface area is 119 Å². The Hall–Kier alpha value is -3.15. The zero-order valence-corrected chi connectivity index (χ0v) is 10.8. The van der Waals surface area contributed by atoms with Gasteiger partial charge in [0.05, 0.1) is 23.0 Å². The molecule has 0 bridgehead atoms. The molecular weight excluding hydrogens is 270 g/mol. The normalized spacial score (nSPS) is 10.5. The van der Waals surface area contributed by atoms with Crippen LogP contribution in [0.15, 0.2) is 48.8 Å². The number of amides is 1. The van der Waals surface area contributed by atoms with Crippen molar-refractivity contribution >= 4 is 28.3 Å². The molecule has 3 rings (SSSR count). The van der Waals surface area contributed by atoms with Crippen molar-refractivity contribution in [3.8, 4) is 0 Å². The molecule has 104 valence electrons. The smallest absolute Gasteiger partial charge is 0.337 e. The number of aromatic amines is 1. The number of nitrogens with zero attached hydrogens (tertiary/aromatic N) is 1. The summed E-state index contributed by atoms with van der Waals surface area (Å²) < 4.78 is 0. The fourth-order valence-electron chi connectivity index (χ4n) is 2.09. The maximum absolute atomic E-state index is 12.0. The number of carboxylic acids is 1. The molecule has 1 amide bonds. The van der Waals surface area contributed by atoms with Crippen molar-refractivity contribution < 1.29 is 14.7 Å². The Morgan fingerprint density at radius 2 is 1.86 bits per heavy atom. The predicted octanol–water partition coefficient (Wildman–Crippen LogP) is 2.51. The minimum absolute atomic E-state index is 0.0468. The number of carbonyl (C=O) groups is 2. The van der Waals surface area contributed by atoms with Gasteiger partial charge in [-0.15, -0.1) is 0 Å². The SMILES string of the molecule is O=C(Nc1cc2ccccc2cc1C(=O)O)c1cn[nH]c1. The Balaban J connectivity index is 2.05. The molecule has 6 heteroatoms. The lowest BCUT2D eigenvalue weighted by atomic mass is 10.0. The summed E-state index contributed by atoms with van der Waals surface area (Å²) in [6.45, 7) is 0. The summed E-state index contributed by atoms with van der Waals surface area (Å²) in [5, 5.41) is 19.8. The molecule has 3 aromatic rings. The first-order valence-corrected chi connectivity index (χ1v) is 6.21. The van der Waals surface area contributed by atoms with Crippen molar-refractivity contribution in [3.63, 3.8) is 0 Å². The molecule has 3 N–H and O–H groups in total. The lowest BCUT2D eigenvalue weighted by Crippen LogP contribution is -2.14. The number of benzene rings is 2. The second-order valence-electron chi connectivity index (χ2n) is 4.49. The molecule has 2 aromatic carbocycles. The van der Waals surface area contributed by atoms with Gasteiger partial charge in [0.2, 0.25) is 0 Å². The highest BCUT2D eigenvalue weighted by Gasteiger charge is 2.15. The van der Waals surface area contributed by atoms with E-state index in [0.29, 0.717) is 5.56 Å². The molecule has 1 heterocycles. The van der Waals surface area contributed by atoms with Gasteiger partial charge in [-0.05, 0) is 22.9 Å². The molecule has 0 saturated heterocycles. The molecule has 0 unspecified atom stereocenters. The number of H-pyrrole nitrogens is 1. The fraction of sp³-hybridized carbons (Fsp3) is 0. The number of aromatic carboxylic acids is 1. The lowest BCUT2D eigenvalue weighted by Gasteiger charge is -2.09. The summed E-state index contributed by atoms with van der Waals surface area (Å²) in [5.41, 5.74) is 0.637. The molecule has 21 heavy (non-hydrogen) atoms. The van der Waals surface area contributed by atoms with Crippen LogP contribution in [0.2, 0.25) is 0 Å². The third-order valence-electron chi connectivity index (χ3n) is 3.12. The summed E-state index contributed by atoms with van der Waals surface area (Å²) in [6.07, 6.45) is 2.81. The van der Waals surface area contributed by atoms with E-state index >= 15 is 0 Å². The topological polar surface area (TPSA) is 95.1 Å². The van der Waals surface area contributed by atoms with Gasteiger partial charge in [-0.2, -0.15) is 5.10 Å². The van der Waals surface area contributed by atoms with Crippen LogP contribution in [0.4, 0.5) is 5.69 Å². The molecule has 0 aliphatic carbocycles. The van der Waals surface area contributed by atoms with Gasteiger partial charge in [0.1, 0.15) is 0 Å². The molecule has 0 radical (unpaired) electrons. The number of fused-ring (bicyclic) bond motifs is 1. The van der Waals surface area contributed by atoms with Crippen LogP contribution in [0, 0.1) is 0 Å². The van der Waals surface area contributed by atoms with Crippen LogP contribution in [-0.2, 0) is 0 Å². The number of aromatic nitrogens is 2. The highest BCUT2D eigenvalue weighted by atomic mass is 16.4. The maximum Gasteiger partial charge on any atom is 0.337 e.